The van der Waals surface area contributed by atoms with E-state index in [1.165, 1.54) is 11.3 Å². The molecule has 1 aromatic carbocycles. The van der Waals surface area contributed by atoms with Crippen molar-refractivity contribution in [3.8, 4) is 21.9 Å². The van der Waals surface area contributed by atoms with Crippen molar-refractivity contribution in [3.63, 3.8) is 0 Å². The van der Waals surface area contributed by atoms with Crippen LogP contribution < -0.4 is 9.47 Å². The van der Waals surface area contributed by atoms with E-state index < -0.39 is 5.97 Å². The summed E-state index contributed by atoms with van der Waals surface area (Å²) in [5.41, 5.74) is 0.707. The topological polar surface area (TPSA) is 68.7 Å². The van der Waals surface area contributed by atoms with Gasteiger partial charge in [0, 0.05) is 5.56 Å². The molecule has 0 radical (unpaired) electrons. The van der Waals surface area contributed by atoms with Crippen molar-refractivity contribution < 1.29 is 19.4 Å². The van der Waals surface area contributed by atoms with E-state index in [0.29, 0.717) is 26.9 Å². The number of carbonyl (C=O) groups is 1. The van der Waals surface area contributed by atoms with E-state index in [-0.39, 0.29) is 5.69 Å². The van der Waals surface area contributed by atoms with E-state index in [1.54, 1.807) is 39.3 Å². The van der Waals surface area contributed by atoms with Crippen LogP contribution in [0, 0.1) is 6.92 Å². The Labute approximate surface area is 114 Å². The molecule has 0 saturated heterocycles. The van der Waals surface area contributed by atoms with Crippen molar-refractivity contribution in [1.29, 1.82) is 0 Å². The zero-order valence-corrected chi connectivity index (χ0v) is 11.6. The van der Waals surface area contributed by atoms with Crippen LogP contribution in [0.15, 0.2) is 18.2 Å². The summed E-state index contributed by atoms with van der Waals surface area (Å²) in [5, 5.41) is 9.89. The molecule has 2 rings (SSSR count). The van der Waals surface area contributed by atoms with Crippen molar-refractivity contribution in [2.75, 3.05) is 14.2 Å². The standard InChI is InChI=1S/C13H13NO4S/c1-7-14-11(13(15)16)12(19-7)9-6-8(17-2)4-5-10(9)18-3/h4-6H,1-3H3,(H,15,16). The molecule has 0 unspecified atom stereocenters. The first kappa shape index (κ1) is 13.4. The molecule has 0 aliphatic rings. The summed E-state index contributed by atoms with van der Waals surface area (Å²) in [4.78, 5) is 15.8. The van der Waals surface area contributed by atoms with Crippen LogP contribution in [0.1, 0.15) is 15.5 Å². The lowest BCUT2D eigenvalue weighted by Crippen LogP contribution is -1.99. The second-order valence-corrected chi connectivity index (χ2v) is 4.99. The van der Waals surface area contributed by atoms with Crippen LogP contribution in [0.25, 0.3) is 10.4 Å². The first-order valence-electron chi connectivity index (χ1n) is 5.50. The van der Waals surface area contributed by atoms with Gasteiger partial charge in [0.05, 0.1) is 24.1 Å². The molecule has 6 heteroatoms. The van der Waals surface area contributed by atoms with E-state index in [0.717, 1.165) is 0 Å². The van der Waals surface area contributed by atoms with E-state index in [4.69, 9.17) is 9.47 Å². The van der Waals surface area contributed by atoms with Gasteiger partial charge in [-0.15, -0.1) is 11.3 Å². The summed E-state index contributed by atoms with van der Waals surface area (Å²) < 4.78 is 10.4. The highest BCUT2D eigenvalue weighted by Gasteiger charge is 2.20. The Morgan fingerprint density at radius 3 is 2.63 bits per heavy atom. The number of nitrogens with zero attached hydrogens (tertiary/aromatic N) is 1. The maximum Gasteiger partial charge on any atom is 0.356 e. The predicted molar refractivity (Wildman–Crippen MR) is 72.4 cm³/mol. The highest BCUT2D eigenvalue weighted by molar-refractivity contribution is 7.15. The van der Waals surface area contributed by atoms with E-state index in [2.05, 4.69) is 4.98 Å². The summed E-state index contributed by atoms with van der Waals surface area (Å²) >= 11 is 1.32. The number of methoxy groups -OCH3 is 2. The lowest BCUT2D eigenvalue weighted by molar-refractivity contribution is 0.0692. The maximum atomic E-state index is 11.2. The van der Waals surface area contributed by atoms with E-state index in [1.807, 2.05) is 0 Å². The number of thiazole rings is 1. The van der Waals surface area contributed by atoms with Crippen LogP contribution in [0.3, 0.4) is 0 Å². The Morgan fingerprint density at radius 1 is 1.32 bits per heavy atom. The molecule has 0 bridgehead atoms. The van der Waals surface area contributed by atoms with Gasteiger partial charge in [-0.2, -0.15) is 0 Å². The molecule has 1 aromatic heterocycles. The minimum Gasteiger partial charge on any atom is -0.497 e. The second kappa shape index (κ2) is 5.27. The largest absolute Gasteiger partial charge is 0.497 e. The summed E-state index contributed by atoms with van der Waals surface area (Å²) in [7, 11) is 3.10. The van der Waals surface area contributed by atoms with Gasteiger partial charge in [-0.3, -0.25) is 0 Å². The number of benzene rings is 1. The average Bonchev–Trinajstić information content (AvgIpc) is 2.80. The molecule has 0 amide bonds. The fourth-order valence-corrected chi connectivity index (χ4v) is 2.68. The van der Waals surface area contributed by atoms with Crippen LogP contribution in [0.5, 0.6) is 11.5 Å². The number of rotatable bonds is 4. The third-order valence-electron chi connectivity index (χ3n) is 2.59. The van der Waals surface area contributed by atoms with Gasteiger partial charge in [0.1, 0.15) is 11.5 Å². The first-order valence-corrected chi connectivity index (χ1v) is 6.31. The van der Waals surface area contributed by atoms with Crippen molar-refractivity contribution in [3.05, 3.63) is 28.9 Å². The van der Waals surface area contributed by atoms with E-state index in [9.17, 15) is 9.90 Å². The highest BCUT2D eigenvalue weighted by atomic mass is 32.1. The molecule has 0 fully saturated rings. The Bertz CT molecular complexity index is 621. The molecule has 0 atom stereocenters. The van der Waals surface area contributed by atoms with Crippen LogP contribution in [-0.2, 0) is 0 Å². The lowest BCUT2D eigenvalue weighted by atomic mass is 10.1. The van der Waals surface area contributed by atoms with Crippen molar-refractivity contribution in [2.24, 2.45) is 0 Å². The van der Waals surface area contributed by atoms with Crippen LogP contribution in [-0.4, -0.2) is 30.3 Å². The molecule has 19 heavy (non-hydrogen) atoms. The van der Waals surface area contributed by atoms with Crippen LogP contribution in [0.2, 0.25) is 0 Å². The zero-order chi connectivity index (χ0) is 14.0. The number of aromatic carboxylic acids is 1. The second-order valence-electron chi connectivity index (χ2n) is 3.78. The smallest absolute Gasteiger partial charge is 0.356 e. The molecule has 100 valence electrons. The Hall–Kier alpha value is -2.08. The minimum atomic E-state index is -1.05. The molecule has 2 aromatic rings. The van der Waals surface area contributed by atoms with Crippen molar-refractivity contribution in [1.82, 2.24) is 4.98 Å². The molecular weight excluding hydrogens is 266 g/mol. The molecule has 5 nitrogen and oxygen atoms in total. The number of ether oxygens (including phenoxy) is 2. The fraction of sp³-hybridized carbons (Fsp3) is 0.231. The number of carboxylic acid groups (broad SMARTS) is 1. The lowest BCUT2D eigenvalue weighted by Gasteiger charge is -2.09. The number of hydrogen-bond donors (Lipinski definition) is 1. The van der Waals surface area contributed by atoms with Gasteiger partial charge < -0.3 is 14.6 Å². The summed E-state index contributed by atoms with van der Waals surface area (Å²) in [6.07, 6.45) is 0. The normalized spacial score (nSPS) is 10.3. The average molecular weight is 279 g/mol. The van der Waals surface area contributed by atoms with Gasteiger partial charge >= 0.3 is 5.97 Å². The molecular formula is C13H13NO4S. The number of aromatic nitrogens is 1. The van der Waals surface area contributed by atoms with Gasteiger partial charge in [-0.05, 0) is 25.1 Å². The number of aryl methyl sites for hydroxylation is 1. The summed E-state index contributed by atoms with van der Waals surface area (Å²) in [6.45, 7) is 1.77. The Kier molecular flexibility index (Phi) is 3.71. The molecule has 0 spiro atoms. The molecule has 0 aliphatic heterocycles. The third kappa shape index (κ3) is 2.53. The molecule has 0 saturated carbocycles. The van der Waals surface area contributed by atoms with Crippen molar-refractivity contribution in [2.45, 2.75) is 6.92 Å². The maximum absolute atomic E-state index is 11.2. The van der Waals surface area contributed by atoms with Crippen LogP contribution >= 0.6 is 11.3 Å². The van der Waals surface area contributed by atoms with Crippen molar-refractivity contribution >= 4 is 17.3 Å². The van der Waals surface area contributed by atoms with Gasteiger partial charge in [-0.1, -0.05) is 0 Å². The van der Waals surface area contributed by atoms with Gasteiger partial charge in [0.15, 0.2) is 5.69 Å². The SMILES string of the molecule is COc1ccc(OC)c(-c2sc(C)nc2C(=O)O)c1. The first-order chi connectivity index (χ1) is 9.06. The molecule has 1 heterocycles. The molecule has 1 N–H and O–H groups in total. The Balaban J connectivity index is 2.66. The zero-order valence-electron chi connectivity index (χ0n) is 10.8. The third-order valence-corrected chi connectivity index (χ3v) is 3.59. The van der Waals surface area contributed by atoms with Gasteiger partial charge in [0.2, 0.25) is 0 Å². The summed E-state index contributed by atoms with van der Waals surface area (Å²) in [6, 6.07) is 5.25. The van der Waals surface area contributed by atoms with Gasteiger partial charge in [-0.25, -0.2) is 9.78 Å². The Morgan fingerprint density at radius 2 is 2.05 bits per heavy atom. The number of hydrogen-bond acceptors (Lipinski definition) is 5. The predicted octanol–water partition coefficient (Wildman–Crippen LogP) is 2.83. The van der Waals surface area contributed by atoms with Gasteiger partial charge in [0.25, 0.3) is 0 Å². The molecule has 0 aliphatic carbocycles. The monoisotopic (exact) mass is 279 g/mol. The highest BCUT2D eigenvalue weighted by Crippen LogP contribution is 2.38. The number of carboxylic acids is 1. The van der Waals surface area contributed by atoms with E-state index >= 15 is 0 Å². The fourth-order valence-electron chi connectivity index (χ4n) is 1.75. The minimum absolute atomic E-state index is 0.0362. The van der Waals surface area contributed by atoms with Crippen LogP contribution in [0.4, 0.5) is 0 Å². The quantitative estimate of drug-likeness (QED) is 0.932. The summed E-state index contributed by atoms with van der Waals surface area (Å²) in [5.74, 6) is 0.175.